The van der Waals surface area contributed by atoms with Crippen LogP contribution in [0.15, 0.2) is 158 Å². The van der Waals surface area contributed by atoms with E-state index in [1.807, 2.05) is 0 Å². The fourth-order valence-corrected chi connectivity index (χ4v) is 8.23. The lowest BCUT2D eigenvalue weighted by molar-refractivity contribution is 0.661. The van der Waals surface area contributed by atoms with E-state index >= 15 is 0 Å². The Morgan fingerprint density at radius 2 is 0.787 bits per heavy atom. The molecule has 0 nitrogen and oxygen atoms in total. The van der Waals surface area contributed by atoms with Crippen LogP contribution < -0.4 is 0 Å². The van der Waals surface area contributed by atoms with Gasteiger partial charge in [-0.15, -0.1) is 0 Å². The first-order valence-electron chi connectivity index (χ1n) is 16.6. The molecule has 0 heteroatoms. The summed E-state index contributed by atoms with van der Waals surface area (Å²) >= 11 is 0. The molecule has 0 bridgehead atoms. The largest absolute Gasteiger partial charge is 0.0619 e. The van der Waals surface area contributed by atoms with Gasteiger partial charge in [-0.1, -0.05) is 135 Å². The maximum absolute atomic E-state index is 2.47. The number of hydrogen-bond acceptors (Lipinski definition) is 0. The van der Waals surface area contributed by atoms with Crippen molar-refractivity contribution in [1.82, 2.24) is 0 Å². The van der Waals surface area contributed by atoms with Gasteiger partial charge in [0.1, 0.15) is 0 Å². The van der Waals surface area contributed by atoms with Crippen molar-refractivity contribution in [2.24, 2.45) is 0 Å². The lowest BCUT2D eigenvalue weighted by Crippen LogP contribution is -2.14. The third-order valence-electron chi connectivity index (χ3n) is 10.8. The smallest absolute Gasteiger partial charge is 0.0159 e. The predicted octanol–water partition coefficient (Wildman–Crippen LogP) is 13.1. The van der Waals surface area contributed by atoms with Crippen LogP contribution >= 0.6 is 0 Å². The van der Waals surface area contributed by atoms with Crippen LogP contribution in [0.3, 0.4) is 0 Å². The Morgan fingerprint density at radius 3 is 1.51 bits per heavy atom. The van der Waals surface area contributed by atoms with Gasteiger partial charge < -0.3 is 0 Å². The summed E-state index contributed by atoms with van der Waals surface area (Å²) in [6.07, 6.45) is 0. The molecule has 220 valence electrons. The topological polar surface area (TPSA) is 0 Å². The van der Waals surface area contributed by atoms with Gasteiger partial charge in [0.05, 0.1) is 0 Å². The van der Waals surface area contributed by atoms with Gasteiger partial charge >= 0.3 is 0 Å². The molecule has 9 aromatic rings. The normalized spacial score (nSPS) is 13.5. The summed E-state index contributed by atoms with van der Waals surface area (Å²) in [4.78, 5) is 0. The molecule has 0 N–H and O–H groups in total. The average Bonchev–Trinajstić information content (AvgIpc) is 3.35. The van der Waals surface area contributed by atoms with E-state index in [4.69, 9.17) is 0 Å². The minimum Gasteiger partial charge on any atom is -0.0619 e. The zero-order valence-electron chi connectivity index (χ0n) is 26.5. The molecule has 0 heterocycles. The molecule has 47 heavy (non-hydrogen) atoms. The number of hydrogen-bond donors (Lipinski definition) is 0. The van der Waals surface area contributed by atoms with Crippen molar-refractivity contribution >= 4 is 53.9 Å². The summed E-state index contributed by atoms with van der Waals surface area (Å²) in [5, 5.41) is 12.9. The minimum atomic E-state index is -0.0166. The lowest BCUT2D eigenvalue weighted by atomic mass is 9.81. The van der Waals surface area contributed by atoms with Gasteiger partial charge in [0.25, 0.3) is 0 Å². The Labute approximate surface area is 274 Å². The molecule has 0 spiro atoms. The van der Waals surface area contributed by atoms with E-state index in [9.17, 15) is 0 Å². The van der Waals surface area contributed by atoms with Crippen LogP contribution in [-0.4, -0.2) is 0 Å². The van der Waals surface area contributed by atoms with Crippen molar-refractivity contribution in [2.45, 2.75) is 19.3 Å². The summed E-state index contributed by atoms with van der Waals surface area (Å²) in [5.74, 6) is 0. The molecule has 0 unspecified atom stereocenters. The van der Waals surface area contributed by atoms with Gasteiger partial charge in [-0.2, -0.15) is 0 Å². The Kier molecular flexibility index (Phi) is 5.44. The molecular formula is C47H32. The van der Waals surface area contributed by atoms with Crippen molar-refractivity contribution in [3.63, 3.8) is 0 Å². The van der Waals surface area contributed by atoms with E-state index in [0.717, 1.165) is 0 Å². The van der Waals surface area contributed by atoms with E-state index in [1.165, 1.54) is 98.4 Å². The summed E-state index contributed by atoms with van der Waals surface area (Å²) in [6.45, 7) is 4.73. The van der Waals surface area contributed by atoms with Crippen LogP contribution in [0.25, 0.3) is 87.2 Å². The quantitative estimate of drug-likeness (QED) is 0.174. The third-order valence-corrected chi connectivity index (χ3v) is 10.8. The zero-order chi connectivity index (χ0) is 31.3. The molecule has 10 rings (SSSR count). The molecule has 9 aromatic carbocycles. The van der Waals surface area contributed by atoms with E-state index in [1.54, 1.807) is 0 Å². The van der Waals surface area contributed by atoms with Gasteiger partial charge in [0.15, 0.2) is 0 Å². The van der Waals surface area contributed by atoms with Gasteiger partial charge in [0.2, 0.25) is 0 Å². The average molecular weight is 597 g/mol. The van der Waals surface area contributed by atoms with Crippen LogP contribution in [0, 0.1) is 0 Å². The second kappa shape index (κ2) is 9.64. The van der Waals surface area contributed by atoms with Gasteiger partial charge in [-0.25, -0.2) is 0 Å². The van der Waals surface area contributed by atoms with Gasteiger partial charge in [0, 0.05) is 5.41 Å². The Balaban J connectivity index is 1.07. The molecule has 1 aliphatic rings. The molecule has 0 radical (unpaired) electrons. The highest BCUT2D eigenvalue weighted by molar-refractivity contribution is 6.12. The maximum atomic E-state index is 2.47. The molecule has 0 atom stereocenters. The molecule has 0 saturated carbocycles. The SMILES string of the molecule is CC1(C)c2ccccc2-c2cc3ccc4ccc(-c5ccc6c(ccc7cc(-c8ccc9ccccc9c8)ccc76)c5)cc4c3cc21. The van der Waals surface area contributed by atoms with Crippen molar-refractivity contribution in [2.75, 3.05) is 0 Å². The first-order chi connectivity index (χ1) is 23.0. The fourth-order valence-electron chi connectivity index (χ4n) is 8.23. The number of benzene rings is 9. The molecule has 1 aliphatic carbocycles. The summed E-state index contributed by atoms with van der Waals surface area (Å²) in [6, 6.07) is 59.1. The standard InChI is InChI=1S/C47H32/c1-47(2)45-10-6-5-9-41(45)44-27-38-16-13-30-12-15-35(26-42(30)43(38)28-46(44)47)34-20-22-40-37(25-34)18-17-36-24-33(19-21-39(36)40)32-14-11-29-7-3-4-8-31(29)23-32/h3-28H,1-2H3. The monoisotopic (exact) mass is 596 g/mol. The first-order valence-corrected chi connectivity index (χ1v) is 16.6. The van der Waals surface area contributed by atoms with Crippen molar-refractivity contribution in [1.29, 1.82) is 0 Å². The van der Waals surface area contributed by atoms with Crippen LogP contribution in [0.2, 0.25) is 0 Å². The van der Waals surface area contributed by atoms with Crippen LogP contribution in [0.5, 0.6) is 0 Å². The summed E-state index contributed by atoms with van der Waals surface area (Å²) in [7, 11) is 0. The number of fused-ring (bicyclic) bond motifs is 10. The maximum Gasteiger partial charge on any atom is 0.0159 e. The fraction of sp³-hybridized carbons (Fsp3) is 0.0638. The van der Waals surface area contributed by atoms with E-state index in [-0.39, 0.29) is 5.41 Å². The minimum absolute atomic E-state index is 0.0166. The van der Waals surface area contributed by atoms with E-state index in [0.29, 0.717) is 0 Å². The predicted molar refractivity (Wildman–Crippen MR) is 202 cm³/mol. The Hall–Kier alpha value is -5.72. The molecule has 0 fully saturated rings. The molecule has 0 amide bonds. The van der Waals surface area contributed by atoms with Gasteiger partial charge in [-0.3, -0.25) is 0 Å². The van der Waals surface area contributed by atoms with Crippen molar-refractivity contribution in [3.8, 4) is 33.4 Å². The highest BCUT2D eigenvalue weighted by atomic mass is 14.4. The Bertz CT molecular complexity index is 2760. The van der Waals surface area contributed by atoms with Crippen LogP contribution in [0.1, 0.15) is 25.0 Å². The van der Waals surface area contributed by atoms with Crippen LogP contribution in [-0.2, 0) is 5.41 Å². The van der Waals surface area contributed by atoms with Crippen molar-refractivity contribution in [3.05, 3.63) is 169 Å². The second-order valence-corrected chi connectivity index (χ2v) is 13.8. The van der Waals surface area contributed by atoms with E-state index in [2.05, 4.69) is 172 Å². The third kappa shape index (κ3) is 3.95. The summed E-state index contributed by atoms with van der Waals surface area (Å²) in [5.41, 5.74) is 10.6. The van der Waals surface area contributed by atoms with Gasteiger partial charge in [-0.05, 0) is 135 Å². The van der Waals surface area contributed by atoms with Crippen molar-refractivity contribution < 1.29 is 0 Å². The highest BCUT2D eigenvalue weighted by Crippen LogP contribution is 2.50. The Morgan fingerprint density at radius 1 is 0.298 bits per heavy atom. The molecular weight excluding hydrogens is 565 g/mol. The molecule has 0 aliphatic heterocycles. The van der Waals surface area contributed by atoms with Crippen LogP contribution in [0.4, 0.5) is 0 Å². The highest BCUT2D eigenvalue weighted by Gasteiger charge is 2.35. The molecule has 0 aromatic heterocycles. The second-order valence-electron chi connectivity index (χ2n) is 13.8. The first kappa shape index (κ1) is 26.5. The number of rotatable bonds is 2. The molecule has 0 saturated heterocycles. The zero-order valence-corrected chi connectivity index (χ0v) is 26.5. The lowest BCUT2D eigenvalue weighted by Gasteiger charge is -2.22. The summed E-state index contributed by atoms with van der Waals surface area (Å²) < 4.78 is 0. The van der Waals surface area contributed by atoms with E-state index < -0.39 is 0 Å².